The maximum atomic E-state index is 13.0. The van der Waals surface area contributed by atoms with E-state index in [0.717, 1.165) is 16.7 Å². The van der Waals surface area contributed by atoms with Crippen molar-refractivity contribution in [1.29, 1.82) is 0 Å². The van der Waals surface area contributed by atoms with Gasteiger partial charge in [0, 0.05) is 6.42 Å². The van der Waals surface area contributed by atoms with E-state index in [-0.39, 0.29) is 23.9 Å². The largest absolute Gasteiger partial charge is 0.508 e. The van der Waals surface area contributed by atoms with Crippen LogP contribution in [0.5, 0.6) is 5.75 Å². The molecule has 0 spiro atoms. The summed E-state index contributed by atoms with van der Waals surface area (Å²) >= 11 is 1.34. The summed E-state index contributed by atoms with van der Waals surface area (Å²) in [5.41, 5.74) is 2.89. The van der Waals surface area contributed by atoms with Gasteiger partial charge < -0.3 is 10.4 Å². The number of ketones is 1. The summed E-state index contributed by atoms with van der Waals surface area (Å²) in [5.74, 6) is -0.113. The maximum Gasteiger partial charge on any atom is 0.261 e. The molecule has 1 heterocycles. The number of phenols is 1. The summed E-state index contributed by atoms with van der Waals surface area (Å²) in [5, 5.41) is 14.2. The summed E-state index contributed by atoms with van der Waals surface area (Å²) in [6, 6.07) is 17.4. The quantitative estimate of drug-likeness (QED) is 0.654. The van der Waals surface area contributed by atoms with E-state index < -0.39 is 6.04 Å². The molecule has 0 saturated heterocycles. The molecule has 2 N–H and O–H groups in total. The van der Waals surface area contributed by atoms with Gasteiger partial charge in [-0.3, -0.25) is 9.59 Å². The van der Waals surface area contributed by atoms with Gasteiger partial charge in [0.15, 0.2) is 5.78 Å². The van der Waals surface area contributed by atoms with E-state index in [1.54, 1.807) is 30.3 Å². The zero-order chi connectivity index (χ0) is 19.2. The molecule has 138 valence electrons. The molecule has 1 amide bonds. The maximum absolute atomic E-state index is 13.0. The molecular weight excluding hydrogens is 358 g/mol. The van der Waals surface area contributed by atoms with Crippen LogP contribution in [0.15, 0.2) is 66.0 Å². The van der Waals surface area contributed by atoms with Crippen LogP contribution in [-0.4, -0.2) is 22.8 Å². The predicted molar refractivity (Wildman–Crippen MR) is 107 cm³/mol. The van der Waals surface area contributed by atoms with Crippen LogP contribution in [0.1, 0.15) is 26.4 Å². The van der Waals surface area contributed by atoms with Crippen LogP contribution in [0.4, 0.5) is 0 Å². The molecule has 5 heteroatoms. The Morgan fingerprint density at radius 3 is 2.44 bits per heavy atom. The first kappa shape index (κ1) is 18.9. The number of phenolic OH excluding ortho intramolecular Hbond substituents is 1. The fourth-order valence-electron chi connectivity index (χ4n) is 2.87. The van der Waals surface area contributed by atoms with Crippen LogP contribution in [0.2, 0.25) is 0 Å². The molecule has 0 aliphatic carbocycles. The van der Waals surface area contributed by atoms with Crippen LogP contribution >= 0.6 is 11.3 Å². The Morgan fingerprint density at radius 2 is 1.78 bits per heavy atom. The van der Waals surface area contributed by atoms with Gasteiger partial charge in [0.1, 0.15) is 5.75 Å². The first-order chi connectivity index (χ1) is 13.0. The molecule has 2 aromatic carbocycles. The number of nitrogens with one attached hydrogen (secondary N) is 1. The van der Waals surface area contributed by atoms with Crippen molar-refractivity contribution in [3.8, 4) is 5.75 Å². The van der Waals surface area contributed by atoms with Crippen LogP contribution in [0, 0.1) is 6.92 Å². The highest BCUT2D eigenvalue weighted by atomic mass is 32.1. The molecule has 0 bridgehead atoms. The summed E-state index contributed by atoms with van der Waals surface area (Å²) in [4.78, 5) is 26.1. The Morgan fingerprint density at radius 1 is 1.04 bits per heavy atom. The molecule has 0 saturated carbocycles. The number of benzene rings is 2. The first-order valence-corrected chi connectivity index (χ1v) is 9.60. The number of Topliss-reactive ketones (excluding diaryl/α,β-unsaturated/α-hetero) is 1. The first-order valence-electron chi connectivity index (χ1n) is 8.72. The van der Waals surface area contributed by atoms with Gasteiger partial charge in [-0.15, -0.1) is 11.3 Å². The van der Waals surface area contributed by atoms with E-state index in [0.29, 0.717) is 11.3 Å². The second-order valence-corrected chi connectivity index (χ2v) is 7.39. The highest BCUT2D eigenvalue weighted by Gasteiger charge is 2.23. The molecule has 0 aliphatic rings. The molecule has 1 atom stereocenters. The monoisotopic (exact) mass is 379 g/mol. The average molecular weight is 379 g/mol. The second kappa shape index (κ2) is 8.64. The van der Waals surface area contributed by atoms with Crippen LogP contribution in [0.3, 0.4) is 0 Å². The predicted octanol–water partition coefficient (Wildman–Crippen LogP) is 3.92. The van der Waals surface area contributed by atoms with Crippen LogP contribution in [0.25, 0.3) is 0 Å². The van der Waals surface area contributed by atoms with E-state index in [9.17, 15) is 14.7 Å². The molecule has 27 heavy (non-hydrogen) atoms. The minimum Gasteiger partial charge on any atom is -0.508 e. The van der Waals surface area contributed by atoms with Crippen molar-refractivity contribution < 1.29 is 14.7 Å². The normalized spacial score (nSPS) is 11.7. The third-order valence-electron chi connectivity index (χ3n) is 4.44. The van der Waals surface area contributed by atoms with Gasteiger partial charge in [0.25, 0.3) is 5.91 Å². The lowest BCUT2D eigenvalue weighted by atomic mass is 9.95. The van der Waals surface area contributed by atoms with E-state index >= 15 is 0 Å². The Labute approximate surface area is 162 Å². The van der Waals surface area contributed by atoms with Gasteiger partial charge in [-0.2, -0.15) is 0 Å². The average Bonchev–Trinajstić information content (AvgIpc) is 3.19. The Bertz CT molecular complexity index is 917. The van der Waals surface area contributed by atoms with E-state index in [1.807, 2.05) is 42.6 Å². The van der Waals surface area contributed by atoms with Crippen molar-refractivity contribution in [3.05, 3.63) is 87.6 Å². The van der Waals surface area contributed by atoms with Crippen molar-refractivity contribution in [2.24, 2.45) is 0 Å². The van der Waals surface area contributed by atoms with E-state index in [2.05, 4.69) is 5.32 Å². The minimum atomic E-state index is -0.635. The lowest BCUT2D eigenvalue weighted by Gasteiger charge is -2.18. The third-order valence-corrected chi connectivity index (χ3v) is 5.31. The number of hydrogen-bond donors (Lipinski definition) is 2. The van der Waals surface area contributed by atoms with Gasteiger partial charge in [-0.05, 0) is 53.6 Å². The summed E-state index contributed by atoms with van der Waals surface area (Å²) in [7, 11) is 0. The van der Waals surface area contributed by atoms with E-state index in [1.165, 1.54) is 11.3 Å². The smallest absolute Gasteiger partial charge is 0.261 e. The molecule has 0 fully saturated rings. The number of aromatic hydroxyl groups is 1. The lowest BCUT2D eigenvalue weighted by molar-refractivity contribution is -0.120. The van der Waals surface area contributed by atoms with Gasteiger partial charge in [-0.25, -0.2) is 0 Å². The van der Waals surface area contributed by atoms with Crippen molar-refractivity contribution in [3.63, 3.8) is 0 Å². The van der Waals surface area contributed by atoms with Gasteiger partial charge in [0.05, 0.1) is 10.9 Å². The van der Waals surface area contributed by atoms with Crippen LogP contribution < -0.4 is 5.32 Å². The molecule has 0 radical (unpaired) electrons. The summed E-state index contributed by atoms with van der Waals surface area (Å²) < 4.78 is 0. The molecule has 3 rings (SSSR count). The topological polar surface area (TPSA) is 66.4 Å². The zero-order valence-electron chi connectivity index (χ0n) is 15.0. The van der Waals surface area contributed by atoms with Gasteiger partial charge >= 0.3 is 0 Å². The fourth-order valence-corrected chi connectivity index (χ4v) is 3.50. The van der Waals surface area contributed by atoms with Gasteiger partial charge in [0.2, 0.25) is 0 Å². The standard InChI is InChI=1S/C22H21NO3S/c1-15-5-2-3-6-17(15)14-20(25)19(13-16-8-10-18(24)11-9-16)23-22(26)21-7-4-12-27-21/h2-12,19,24H,13-14H2,1H3,(H,23,26). The lowest BCUT2D eigenvalue weighted by Crippen LogP contribution is -2.43. The van der Waals surface area contributed by atoms with Crippen LogP contribution in [-0.2, 0) is 17.6 Å². The molecular formula is C22H21NO3S. The Kier molecular flexibility index (Phi) is 6.04. The number of carbonyl (C=O) groups is 2. The number of aryl methyl sites for hydroxylation is 1. The van der Waals surface area contributed by atoms with E-state index in [4.69, 9.17) is 0 Å². The summed E-state index contributed by atoms with van der Waals surface area (Å²) in [6.45, 7) is 1.97. The number of hydrogen-bond acceptors (Lipinski definition) is 4. The number of amides is 1. The van der Waals surface area contributed by atoms with Crippen molar-refractivity contribution in [2.45, 2.75) is 25.8 Å². The number of rotatable bonds is 7. The number of thiophene rings is 1. The third kappa shape index (κ3) is 5.05. The fraction of sp³-hybridized carbons (Fsp3) is 0.182. The Hall–Kier alpha value is -2.92. The number of carbonyl (C=O) groups excluding carboxylic acids is 2. The zero-order valence-corrected chi connectivity index (χ0v) is 15.8. The van der Waals surface area contributed by atoms with Crippen molar-refractivity contribution in [1.82, 2.24) is 5.32 Å². The van der Waals surface area contributed by atoms with Crippen molar-refractivity contribution in [2.75, 3.05) is 0 Å². The highest BCUT2D eigenvalue weighted by Crippen LogP contribution is 2.15. The molecule has 3 aromatic rings. The molecule has 1 aromatic heterocycles. The minimum absolute atomic E-state index is 0.0396. The second-order valence-electron chi connectivity index (χ2n) is 6.44. The SMILES string of the molecule is Cc1ccccc1CC(=O)C(Cc1ccc(O)cc1)NC(=O)c1cccs1. The Balaban J connectivity index is 1.79. The van der Waals surface area contributed by atoms with Crippen molar-refractivity contribution >= 4 is 23.0 Å². The molecule has 0 aliphatic heterocycles. The molecule has 1 unspecified atom stereocenters. The summed E-state index contributed by atoms with van der Waals surface area (Å²) in [6.07, 6.45) is 0.641. The van der Waals surface area contributed by atoms with Gasteiger partial charge in [-0.1, -0.05) is 42.5 Å². The highest BCUT2D eigenvalue weighted by molar-refractivity contribution is 7.12. The molecule has 4 nitrogen and oxygen atoms in total.